The van der Waals surface area contributed by atoms with Crippen molar-refractivity contribution in [1.82, 2.24) is 4.90 Å². The molecular formula is C16H18ClN3S. The molecule has 0 saturated heterocycles. The van der Waals surface area contributed by atoms with Crippen LogP contribution in [0.15, 0.2) is 29.6 Å². The van der Waals surface area contributed by atoms with Crippen LogP contribution in [0.2, 0.25) is 5.02 Å². The van der Waals surface area contributed by atoms with E-state index in [1.165, 1.54) is 10.4 Å². The van der Waals surface area contributed by atoms with E-state index in [2.05, 4.69) is 23.3 Å². The van der Waals surface area contributed by atoms with Gasteiger partial charge >= 0.3 is 0 Å². The van der Waals surface area contributed by atoms with Crippen molar-refractivity contribution in [3.63, 3.8) is 0 Å². The molecule has 1 atom stereocenters. The van der Waals surface area contributed by atoms with Crippen molar-refractivity contribution in [2.24, 2.45) is 5.73 Å². The van der Waals surface area contributed by atoms with Gasteiger partial charge in [0.1, 0.15) is 5.84 Å². The minimum Gasteiger partial charge on any atom is -0.384 e. The molecule has 2 heterocycles. The van der Waals surface area contributed by atoms with Gasteiger partial charge in [-0.3, -0.25) is 10.3 Å². The van der Waals surface area contributed by atoms with E-state index < -0.39 is 0 Å². The first-order valence-corrected chi connectivity index (χ1v) is 8.25. The number of halogens is 1. The molecule has 0 radical (unpaired) electrons. The number of nitrogens with zero attached hydrogens (tertiary/aromatic N) is 1. The second kappa shape index (κ2) is 5.79. The summed E-state index contributed by atoms with van der Waals surface area (Å²) in [5.41, 5.74) is 8.71. The van der Waals surface area contributed by atoms with Crippen LogP contribution in [-0.2, 0) is 13.0 Å². The smallest absolute Gasteiger partial charge is 0.122 e. The number of hydrogen-bond donors (Lipinski definition) is 2. The molecule has 0 amide bonds. The molecule has 1 unspecified atom stereocenters. The van der Waals surface area contributed by atoms with Gasteiger partial charge in [0.05, 0.1) is 0 Å². The maximum atomic E-state index is 7.46. The lowest BCUT2D eigenvalue weighted by atomic mass is 10.0. The molecular weight excluding hydrogens is 302 g/mol. The van der Waals surface area contributed by atoms with Crippen LogP contribution in [0, 0.1) is 5.41 Å². The van der Waals surface area contributed by atoms with E-state index in [0.717, 1.165) is 25.1 Å². The molecule has 0 spiro atoms. The molecule has 1 aromatic heterocycles. The zero-order chi connectivity index (χ0) is 15.0. The molecule has 0 bridgehead atoms. The molecule has 3 N–H and O–H groups in total. The lowest BCUT2D eigenvalue weighted by molar-refractivity contribution is 0.191. The van der Waals surface area contributed by atoms with Crippen molar-refractivity contribution in [2.75, 3.05) is 6.54 Å². The summed E-state index contributed by atoms with van der Waals surface area (Å²) in [4.78, 5) is 3.96. The van der Waals surface area contributed by atoms with Crippen molar-refractivity contribution in [2.45, 2.75) is 25.9 Å². The summed E-state index contributed by atoms with van der Waals surface area (Å²) < 4.78 is 0. The van der Waals surface area contributed by atoms with E-state index in [1.54, 1.807) is 6.07 Å². The number of nitrogens with one attached hydrogen (secondary N) is 1. The van der Waals surface area contributed by atoms with Gasteiger partial charge in [-0.2, -0.15) is 0 Å². The first-order valence-electron chi connectivity index (χ1n) is 6.99. The molecule has 21 heavy (non-hydrogen) atoms. The zero-order valence-corrected chi connectivity index (χ0v) is 13.5. The molecule has 1 aromatic carbocycles. The molecule has 3 nitrogen and oxygen atoms in total. The second-order valence-corrected chi connectivity index (χ2v) is 6.82. The number of amidine groups is 1. The Morgan fingerprint density at radius 1 is 1.48 bits per heavy atom. The minimum absolute atomic E-state index is 0.0534. The highest BCUT2D eigenvalue weighted by molar-refractivity contribution is 7.10. The van der Waals surface area contributed by atoms with Gasteiger partial charge in [-0.05, 0) is 42.0 Å². The summed E-state index contributed by atoms with van der Waals surface area (Å²) in [5, 5.41) is 10.3. The SMILES string of the molecule is CC1c2ccsc2CCN1Cc1ccc(C(=N)N)cc1Cl. The van der Waals surface area contributed by atoms with Crippen LogP contribution in [0.25, 0.3) is 0 Å². The fourth-order valence-electron chi connectivity index (χ4n) is 2.84. The molecule has 0 aliphatic carbocycles. The predicted molar refractivity (Wildman–Crippen MR) is 89.3 cm³/mol. The maximum Gasteiger partial charge on any atom is 0.122 e. The minimum atomic E-state index is 0.0534. The van der Waals surface area contributed by atoms with E-state index in [-0.39, 0.29) is 5.84 Å². The van der Waals surface area contributed by atoms with Crippen LogP contribution in [0.4, 0.5) is 0 Å². The summed E-state index contributed by atoms with van der Waals surface area (Å²) in [6.45, 7) is 4.13. The number of nitrogens with two attached hydrogens (primary N) is 1. The third-order valence-corrected chi connectivity index (χ3v) is 5.49. The van der Waals surface area contributed by atoms with Crippen LogP contribution in [0.1, 0.15) is 34.5 Å². The lowest BCUT2D eigenvalue weighted by Crippen LogP contribution is -2.32. The first kappa shape index (κ1) is 14.6. The van der Waals surface area contributed by atoms with Gasteiger partial charge in [0.15, 0.2) is 0 Å². The molecule has 1 aliphatic rings. The average molecular weight is 320 g/mol. The first-order chi connectivity index (χ1) is 10.1. The lowest BCUT2D eigenvalue weighted by Gasteiger charge is -2.33. The van der Waals surface area contributed by atoms with Crippen molar-refractivity contribution >= 4 is 28.8 Å². The Hall–Kier alpha value is -1.36. The van der Waals surface area contributed by atoms with Gasteiger partial charge in [0, 0.05) is 34.6 Å². The van der Waals surface area contributed by atoms with E-state index in [1.807, 2.05) is 23.5 Å². The molecule has 0 fully saturated rings. The molecule has 110 valence electrons. The van der Waals surface area contributed by atoms with Crippen molar-refractivity contribution in [3.8, 4) is 0 Å². The maximum absolute atomic E-state index is 7.46. The van der Waals surface area contributed by atoms with Gasteiger partial charge in [-0.1, -0.05) is 23.7 Å². The topological polar surface area (TPSA) is 53.1 Å². The second-order valence-electron chi connectivity index (χ2n) is 5.42. The molecule has 2 aromatic rings. The predicted octanol–water partition coefficient (Wildman–Crippen LogP) is 3.80. The Balaban J connectivity index is 1.80. The molecule has 1 aliphatic heterocycles. The van der Waals surface area contributed by atoms with Crippen molar-refractivity contribution in [3.05, 3.63) is 56.2 Å². The van der Waals surface area contributed by atoms with E-state index in [0.29, 0.717) is 16.6 Å². The number of nitrogen functional groups attached to an aromatic ring is 1. The summed E-state index contributed by atoms with van der Waals surface area (Å²) >= 11 is 8.20. The molecule has 5 heteroatoms. The Morgan fingerprint density at radius 3 is 3.00 bits per heavy atom. The van der Waals surface area contributed by atoms with Gasteiger partial charge in [0.25, 0.3) is 0 Å². The standard InChI is InChI=1S/C16H18ClN3S/c1-10-13-5-7-21-15(13)4-6-20(10)9-12-3-2-11(16(18)19)8-14(12)17/h2-3,5,7-8,10H,4,6,9H2,1H3,(H3,18,19). The fourth-order valence-corrected chi connectivity index (χ4v) is 4.04. The van der Waals surface area contributed by atoms with E-state index >= 15 is 0 Å². The van der Waals surface area contributed by atoms with E-state index in [9.17, 15) is 0 Å². The van der Waals surface area contributed by atoms with Crippen LogP contribution >= 0.6 is 22.9 Å². The Bertz CT molecular complexity index is 680. The van der Waals surface area contributed by atoms with E-state index in [4.69, 9.17) is 22.7 Å². The Kier molecular flexibility index (Phi) is 4.02. The number of hydrogen-bond acceptors (Lipinski definition) is 3. The third kappa shape index (κ3) is 2.84. The van der Waals surface area contributed by atoms with Crippen molar-refractivity contribution in [1.29, 1.82) is 5.41 Å². The summed E-state index contributed by atoms with van der Waals surface area (Å²) in [6, 6.07) is 8.29. The summed E-state index contributed by atoms with van der Waals surface area (Å²) in [5.74, 6) is 0.0534. The molecule has 3 rings (SSSR count). The number of benzene rings is 1. The Morgan fingerprint density at radius 2 is 2.29 bits per heavy atom. The number of fused-ring (bicyclic) bond motifs is 1. The van der Waals surface area contributed by atoms with Crippen LogP contribution < -0.4 is 5.73 Å². The summed E-state index contributed by atoms with van der Waals surface area (Å²) in [7, 11) is 0. The van der Waals surface area contributed by atoms with Gasteiger partial charge in [0.2, 0.25) is 0 Å². The highest BCUT2D eigenvalue weighted by atomic mass is 35.5. The van der Waals surface area contributed by atoms with Crippen LogP contribution in [0.3, 0.4) is 0 Å². The Labute approximate surface area is 133 Å². The van der Waals surface area contributed by atoms with Gasteiger partial charge < -0.3 is 5.73 Å². The molecule has 0 saturated carbocycles. The van der Waals surface area contributed by atoms with Gasteiger partial charge in [-0.25, -0.2) is 0 Å². The quantitative estimate of drug-likeness (QED) is 0.667. The third-order valence-electron chi connectivity index (χ3n) is 4.14. The largest absolute Gasteiger partial charge is 0.384 e. The summed E-state index contributed by atoms with van der Waals surface area (Å²) in [6.07, 6.45) is 1.11. The van der Waals surface area contributed by atoms with Crippen LogP contribution in [0.5, 0.6) is 0 Å². The normalized spacial score (nSPS) is 18.5. The van der Waals surface area contributed by atoms with Crippen LogP contribution in [-0.4, -0.2) is 17.3 Å². The number of thiophene rings is 1. The monoisotopic (exact) mass is 319 g/mol. The average Bonchev–Trinajstić information content (AvgIpc) is 2.93. The highest BCUT2D eigenvalue weighted by Crippen LogP contribution is 2.34. The number of rotatable bonds is 3. The zero-order valence-electron chi connectivity index (χ0n) is 11.9. The van der Waals surface area contributed by atoms with Gasteiger partial charge in [-0.15, -0.1) is 11.3 Å². The highest BCUT2D eigenvalue weighted by Gasteiger charge is 2.25. The fraction of sp³-hybridized carbons (Fsp3) is 0.312. The van der Waals surface area contributed by atoms with Crippen molar-refractivity contribution < 1.29 is 0 Å².